The molecule has 1 aliphatic carbocycles. The third-order valence-electron chi connectivity index (χ3n) is 3.48. The smallest absolute Gasteiger partial charge is 0.0580 e. The van der Waals surface area contributed by atoms with Crippen LogP contribution in [0.4, 0.5) is 0 Å². The van der Waals surface area contributed by atoms with E-state index in [1.54, 1.807) is 0 Å². The van der Waals surface area contributed by atoms with Crippen LogP contribution < -0.4 is 5.32 Å². The zero-order valence-corrected chi connectivity index (χ0v) is 10.2. The second-order valence-electron chi connectivity index (χ2n) is 4.88. The van der Waals surface area contributed by atoms with Crippen LogP contribution in [0.25, 0.3) is 0 Å². The Morgan fingerprint density at radius 3 is 2.67 bits per heavy atom. The third kappa shape index (κ3) is 5.53. The number of rotatable bonds is 7. The third-order valence-corrected chi connectivity index (χ3v) is 3.48. The van der Waals surface area contributed by atoms with Crippen LogP contribution in [0.1, 0.15) is 58.3 Å². The summed E-state index contributed by atoms with van der Waals surface area (Å²) in [6.07, 6.45) is 10.0. The minimum absolute atomic E-state index is 0.0399. The first-order chi connectivity index (χ1) is 7.34. The molecule has 2 unspecified atom stereocenters. The first kappa shape index (κ1) is 13.0. The topological polar surface area (TPSA) is 32.3 Å². The number of hydrogen-bond acceptors (Lipinski definition) is 2. The molecule has 15 heavy (non-hydrogen) atoms. The molecule has 1 rings (SSSR count). The fourth-order valence-electron chi connectivity index (χ4n) is 2.39. The minimum Gasteiger partial charge on any atom is -0.393 e. The Morgan fingerprint density at radius 2 is 1.93 bits per heavy atom. The maximum Gasteiger partial charge on any atom is 0.0580 e. The first-order valence-electron chi connectivity index (χ1n) is 6.73. The summed E-state index contributed by atoms with van der Waals surface area (Å²) >= 11 is 0. The second-order valence-corrected chi connectivity index (χ2v) is 4.88. The summed E-state index contributed by atoms with van der Waals surface area (Å²) in [6.45, 7) is 4.39. The Labute approximate surface area is 94.5 Å². The predicted octanol–water partition coefficient (Wildman–Crippen LogP) is 2.71. The highest BCUT2D eigenvalue weighted by Crippen LogP contribution is 2.23. The maximum absolute atomic E-state index is 9.77. The van der Waals surface area contributed by atoms with Crippen LogP contribution >= 0.6 is 0 Å². The monoisotopic (exact) mass is 213 g/mol. The Morgan fingerprint density at radius 1 is 1.13 bits per heavy atom. The van der Waals surface area contributed by atoms with E-state index in [1.807, 2.05) is 0 Å². The van der Waals surface area contributed by atoms with E-state index in [1.165, 1.54) is 44.9 Å². The van der Waals surface area contributed by atoms with Gasteiger partial charge in [-0.3, -0.25) is 0 Å². The summed E-state index contributed by atoms with van der Waals surface area (Å²) in [6, 6.07) is 0. The number of aliphatic hydroxyl groups is 1. The van der Waals surface area contributed by atoms with Crippen molar-refractivity contribution >= 4 is 0 Å². The Bertz CT molecular complexity index is 149. The molecule has 0 aromatic rings. The van der Waals surface area contributed by atoms with Gasteiger partial charge in [0.25, 0.3) is 0 Å². The van der Waals surface area contributed by atoms with Crippen molar-refractivity contribution < 1.29 is 5.11 Å². The lowest BCUT2D eigenvalue weighted by Gasteiger charge is -2.27. The molecule has 2 N–H and O–H groups in total. The van der Waals surface area contributed by atoms with E-state index in [4.69, 9.17) is 0 Å². The van der Waals surface area contributed by atoms with Crippen LogP contribution in [0, 0.1) is 5.92 Å². The molecule has 1 aliphatic rings. The van der Waals surface area contributed by atoms with E-state index in [0.717, 1.165) is 19.5 Å². The van der Waals surface area contributed by atoms with Gasteiger partial charge in [0.2, 0.25) is 0 Å². The van der Waals surface area contributed by atoms with Gasteiger partial charge in [0, 0.05) is 6.54 Å². The molecule has 2 nitrogen and oxygen atoms in total. The molecule has 0 aromatic heterocycles. The summed E-state index contributed by atoms with van der Waals surface area (Å²) in [7, 11) is 0. The molecule has 0 radical (unpaired) electrons. The van der Waals surface area contributed by atoms with Crippen LogP contribution in [0.15, 0.2) is 0 Å². The summed E-state index contributed by atoms with van der Waals surface area (Å²) in [5, 5.41) is 13.3. The van der Waals surface area contributed by atoms with Crippen molar-refractivity contribution in [1.82, 2.24) is 5.32 Å². The van der Waals surface area contributed by atoms with Crippen molar-refractivity contribution in [3.63, 3.8) is 0 Å². The molecule has 0 aliphatic heterocycles. The van der Waals surface area contributed by atoms with Crippen LogP contribution in [0.2, 0.25) is 0 Å². The number of aliphatic hydroxyl groups excluding tert-OH is 1. The molecule has 2 atom stereocenters. The normalized spacial score (nSPS) is 26.8. The molecule has 90 valence electrons. The van der Waals surface area contributed by atoms with E-state index in [-0.39, 0.29) is 6.10 Å². The van der Waals surface area contributed by atoms with E-state index in [2.05, 4.69) is 12.2 Å². The molecule has 2 heteroatoms. The van der Waals surface area contributed by atoms with Gasteiger partial charge in [-0.2, -0.15) is 0 Å². The molecular weight excluding hydrogens is 186 g/mol. The zero-order chi connectivity index (χ0) is 10.9. The quantitative estimate of drug-likeness (QED) is 0.637. The predicted molar refractivity (Wildman–Crippen MR) is 65.0 cm³/mol. The fraction of sp³-hybridized carbons (Fsp3) is 1.00. The van der Waals surface area contributed by atoms with Crippen molar-refractivity contribution in [3.8, 4) is 0 Å². The van der Waals surface area contributed by atoms with Gasteiger partial charge in [0.15, 0.2) is 0 Å². The van der Waals surface area contributed by atoms with Gasteiger partial charge < -0.3 is 10.4 Å². The standard InChI is InChI=1S/C13H27NO/c1-2-3-4-7-10-14-11-12-8-5-6-9-13(12)15/h12-15H,2-11H2,1H3. The van der Waals surface area contributed by atoms with Gasteiger partial charge in [-0.1, -0.05) is 39.0 Å². The lowest BCUT2D eigenvalue weighted by Crippen LogP contribution is -2.34. The van der Waals surface area contributed by atoms with Gasteiger partial charge in [-0.15, -0.1) is 0 Å². The molecule has 0 heterocycles. The fourth-order valence-corrected chi connectivity index (χ4v) is 2.39. The van der Waals surface area contributed by atoms with Crippen molar-refractivity contribution in [2.75, 3.05) is 13.1 Å². The Hall–Kier alpha value is -0.0800. The molecule has 1 saturated carbocycles. The number of nitrogens with one attached hydrogen (secondary N) is 1. The van der Waals surface area contributed by atoms with E-state index >= 15 is 0 Å². The van der Waals surface area contributed by atoms with Crippen LogP contribution in [-0.4, -0.2) is 24.3 Å². The highest BCUT2D eigenvalue weighted by atomic mass is 16.3. The van der Waals surface area contributed by atoms with Crippen molar-refractivity contribution in [2.45, 2.75) is 64.4 Å². The van der Waals surface area contributed by atoms with Crippen molar-refractivity contribution in [3.05, 3.63) is 0 Å². The number of unbranched alkanes of at least 4 members (excludes halogenated alkanes) is 3. The summed E-state index contributed by atoms with van der Waals surface area (Å²) in [5.74, 6) is 0.518. The van der Waals surface area contributed by atoms with E-state index in [9.17, 15) is 5.11 Å². The average Bonchev–Trinajstić information content (AvgIpc) is 2.25. The van der Waals surface area contributed by atoms with Gasteiger partial charge in [0.1, 0.15) is 0 Å². The Balaban J connectivity index is 1.94. The van der Waals surface area contributed by atoms with Crippen molar-refractivity contribution in [2.24, 2.45) is 5.92 Å². The average molecular weight is 213 g/mol. The molecule has 0 saturated heterocycles. The largest absolute Gasteiger partial charge is 0.393 e. The zero-order valence-electron chi connectivity index (χ0n) is 10.2. The van der Waals surface area contributed by atoms with Gasteiger partial charge >= 0.3 is 0 Å². The molecular formula is C13H27NO. The summed E-state index contributed by atoms with van der Waals surface area (Å²) in [5.41, 5.74) is 0. The lowest BCUT2D eigenvalue weighted by molar-refractivity contribution is 0.0697. The highest BCUT2D eigenvalue weighted by Gasteiger charge is 2.21. The van der Waals surface area contributed by atoms with Gasteiger partial charge in [-0.25, -0.2) is 0 Å². The molecule has 0 spiro atoms. The summed E-state index contributed by atoms with van der Waals surface area (Å²) in [4.78, 5) is 0. The molecule has 0 amide bonds. The number of hydrogen-bond donors (Lipinski definition) is 2. The minimum atomic E-state index is -0.0399. The summed E-state index contributed by atoms with van der Waals surface area (Å²) < 4.78 is 0. The van der Waals surface area contributed by atoms with Crippen LogP contribution in [0.3, 0.4) is 0 Å². The maximum atomic E-state index is 9.77. The van der Waals surface area contributed by atoms with Crippen LogP contribution in [0.5, 0.6) is 0 Å². The van der Waals surface area contributed by atoms with Gasteiger partial charge in [-0.05, 0) is 31.7 Å². The first-order valence-corrected chi connectivity index (χ1v) is 6.73. The highest BCUT2D eigenvalue weighted by molar-refractivity contribution is 4.75. The molecule has 1 fully saturated rings. The van der Waals surface area contributed by atoms with Crippen LogP contribution in [-0.2, 0) is 0 Å². The SMILES string of the molecule is CCCCCCNCC1CCCCC1O. The second kappa shape index (κ2) is 8.12. The lowest BCUT2D eigenvalue weighted by atomic mass is 9.86. The molecule has 0 aromatic carbocycles. The van der Waals surface area contributed by atoms with Gasteiger partial charge in [0.05, 0.1) is 6.10 Å². The van der Waals surface area contributed by atoms with Crippen molar-refractivity contribution in [1.29, 1.82) is 0 Å². The van der Waals surface area contributed by atoms with E-state index in [0.29, 0.717) is 5.92 Å². The Kier molecular flexibility index (Phi) is 7.03. The van der Waals surface area contributed by atoms with E-state index < -0.39 is 0 Å². The molecule has 0 bridgehead atoms.